The summed E-state index contributed by atoms with van der Waals surface area (Å²) in [6.07, 6.45) is 4.77. The van der Waals surface area contributed by atoms with E-state index in [4.69, 9.17) is 10.5 Å². The first kappa shape index (κ1) is 15.0. The van der Waals surface area contributed by atoms with Crippen LogP contribution < -0.4 is 10.5 Å². The Balaban J connectivity index is 2.83. The van der Waals surface area contributed by atoms with Crippen LogP contribution in [0, 0.1) is 6.92 Å². The highest BCUT2D eigenvalue weighted by Gasteiger charge is 2.13. The number of hydrogen-bond acceptors (Lipinski definition) is 2. The van der Waals surface area contributed by atoms with Gasteiger partial charge in [0, 0.05) is 0 Å². The largest absolute Gasteiger partial charge is 0.494 e. The van der Waals surface area contributed by atoms with Crippen LogP contribution >= 0.6 is 0 Å². The third-order valence-corrected chi connectivity index (χ3v) is 3.39. The summed E-state index contributed by atoms with van der Waals surface area (Å²) in [5.41, 5.74) is 8.44. The summed E-state index contributed by atoms with van der Waals surface area (Å²) in [5, 5.41) is 0. The second-order valence-corrected chi connectivity index (χ2v) is 4.87. The minimum Gasteiger partial charge on any atom is -0.494 e. The summed E-state index contributed by atoms with van der Waals surface area (Å²) >= 11 is 0. The van der Waals surface area contributed by atoms with Crippen molar-refractivity contribution in [2.24, 2.45) is 5.73 Å². The SMILES string of the molecule is CCCC(CCCN)c1ccc(OCC)cc1C. The lowest BCUT2D eigenvalue weighted by atomic mass is 9.87. The zero-order chi connectivity index (χ0) is 13.4. The van der Waals surface area contributed by atoms with E-state index in [2.05, 4.69) is 32.0 Å². The van der Waals surface area contributed by atoms with Gasteiger partial charge in [-0.05, 0) is 68.8 Å². The molecule has 2 N–H and O–H groups in total. The van der Waals surface area contributed by atoms with Crippen LogP contribution in [0.5, 0.6) is 5.75 Å². The molecule has 0 aromatic heterocycles. The normalized spacial score (nSPS) is 12.4. The Hall–Kier alpha value is -1.02. The number of ether oxygens (including phenoxy) is 1. The molecule has 1 atom stereocenters. The van der Waals surface area contributed by atoms with Gasteiger partial charge in [0.25, 0.3) is 0 Å². The third-order valence-electron chi connectivity index (χ3n) is 3.39. The highest BCUT2D eigenvalue weighted by Crippen LogP contribution is 2.30. The van der Waals surface area contributed by atoms with Crippen molar-refractivity contribution in [2.45, 2.75) is 52.4 Å². The quantitative estimate of drug-likeness (QED) is 0.755. The van der Waals surface area contributed by atoms with Gasteiger partial charge < -0.3 is 10.5 Å². The van der Waals surface area contributed by atoms with Crippen molar-refractivity contribution in [3.63, 3.8) is 0 Å². The fourth-order valence-corrected chi connectivity index (χ4v) is 2.53. The summed E-state index contributed by atoms with van der Waals surface area (Å²) in [6.45, 7) is 7.97. The summed E-state index contributed by atoms with van der Waals surface area (Å²) in [4.78, 5) is 0. The van der Waals surface area contributed by atoms with E-state index < -0.39 is 0 Å². The van der Waals surface area contributed by atoms with Crippen molar-refractivity contribution in [3.8, 4) is 5.75 Å². The maximum Gasteiger partial charge on any atom is 0.119 e. The first-order valence-electron chi connectivity index (χ1n) is 7.16. The lowest BCUT2D eigenvalue weighted by Crippen LogP contribution is -2.06. The Labute approximate surface area is 112 Å². The van der Waals surface area contributed by atoms with Crippen LogP contribution in [0.1, 0.15) is 56.6 Å². The number of aryl methyl sites for hydroxylation is 1. The second kappa shape index (κ2) is 8.15. The molecular formula is C16H27NO. The maximum absolute atomic E-state index is 5.63. The zero-order valence-corrected chi connectivity index (χ0v) is 12.0. The minimum absolute atomic E-state index is 0.647. The Bertz CT molecular complexity index is 349. The molecule has 1 aromatic rings. The zero-order valence-electron chi connectivity index (χ0n) is 12.0. The molecule has 0 heterocycles. The Morgan fingerprint density at radius 2 is 2.00 bits per heavy atom. The standard InChI is InChI=1S/C16H27NO/c1-4-7-14(8-6-11-17)16-10-9-15(18-5-2)12-13(16)3/h9-10,12,14H,4-8,11,17H2,1-3H3. The van der Waals surface area contributed by atoms with Gasteiger partial charge in [-0.15, -0.1) is 0 Å². The van der Waals surface area contributed by atoms with Gasteiger partial charge in [-0.2, -0.15) is 0 Å². The van der Waals surface area contributed by atoms with E-state index in [9.17, 15) is 0 Å². The topological polar surface area (TPSA) is 35.2 Å². The van der Waals surface area contributed by atoms with Gasteiger partial charge in [-0.1, -0.05) is 19.4 Å². The van der Waals surface area contributed by atoms with Crippen molar-refractivity contribution >= 4 is 0 Å². The molecule has 0 saturated heterocycles. The van der Waals surface area contributed by atoms with E-state index in [0.29, 0.717) is 5.92 Å². The highest BCUT2D eigenvalue weighted by molar-refractivity contribution is 5.37. The van der Waals surface area contributed by atoms with Crippen LogP contribution in [0.25, 0.3) is 0 Å². The van der Waals surface area contributed by atoms with Crippen LogP contribution in [0.4, 0.5) is 0 Å². The van der Waals surface area contributed by atoms with Crippen molar-refractivity contribution in [2.75, 3.05) is 13.2 Å². The van der Waals surface area contributed by atoms with Gasteiger partial charge in [0.05, 0.1) is 6.61 Å². The van der Waals surface area contributed by atoms with Crippen molar-refractivity contribution < 1.29 is 4.74 Å². The predicted molar refractivity (Wildman–Crippen MR) is 78.3 cm³/mol. The molecule has 0 aliphatic rings. The molecule has 0 aliphatic heterocycles. The molecule has 1 unspecified atom stereocenters. The summed E-state index contributed by atoms with van der Waals surface area (Å²) in [5.74, 6) is 1.63. The average molecular weight is 249 g/mol. The van der Waals surface area contributed by atoms with E-state index in [1.807, 2.05) is 6.92 Å². The molecule has 0 spiro atoms. The van der Waals surface area contributed by atoms with E-state index in [1.54, 1.807) is 0 Å². The van der Waals surface area contributed by atoms with E-state index in [-0.39, 0.29) is 0 Å². The van der Waals surface area contributed by atoms with E-state index in [1.165, 1.54) is 30.4 Å². The molecule has 0 aliphatic carbocycles. The number of hydrogen-bond donors (Lipinski definition) is 1. The van der Waals surface area contributed by atoms with Crippen LogP contribution in [-0.2, 0) is 0 Å². The minimum atomic E-state index is 0.647. The van der Waals surface area contributed by atoms with Crippen molar-refractivity contribution in [3.05, 3.63) is 29.3 Å². The molecule has 0 fully saturated rings. The van der Waals surface area contributed by atoms with Crippen LogP contribution in [0.2, 0.25) is 0 Å². The van der Waals surface area contributed by atoms with Crippen LogP contribution in [0.15, 0.2) is 18.2 Å². The second-order valence-electron chi connectivity index (χ2n) is 4.87. The Morgan fingerprint density at radius 1 is 1.22 bits per heavy atom. The number of nitrogens with two attached hydrogens (primary N) is 1. The monoisotopic (exact) mass is 249 g/mol. The smallest absolute Gasteiger partial charge is 0.119 e. The van der Waals surface area contributed by atoms with Gasteiger partial charge >= 0.3 is 0 Å². The van der Waals surface area contributed by atoms with E-state index in [0.717, 1.165) is 25.3 Å². The summed E-state index contributed by atoms with van der Waals surface area (Å²) < 4.78 is 5.54. The lowest BCUT2D eigenvalue weighted by molar-refractivity contribution is 0.340. The van der Waals surface area contributed by atoms with Gasteiger partial charge in [0.1, 0.15) is 5.75 Å². The summed E-state index contributed by atoms with van der Waals surface area (Å²) in [6, 6.07) is 6.48. The third kappa shape index (κ3) is 4.34. The molecule has 0 radical (unpaired) electrons. The molecule has 102 valence electrons. The molecule has 2 heteroatoms. The maximum atomic E-state index is 5.63. The Morgan fingerprint density at radius 3 is 2.56 bits per heavy atom. The van der Waals surface area contributed by atoms with Crippen LogP contribution in [0.3, 0.4) is 0 Å². The van der Waals surface area contributed by atoms with Gasteiger partial charge in [0.2, 0.25) is 0 Å². The molecule has 2 nitrogen and oxygen atoms in total. The fraction of sp³-hybridized carbons (Fsp3) is 0.625. The van der Waals surface area contributed by atoms with Crippen molar-refractivity contribution in [1.82, 2.24) is 0 Å². The fourth-order valence-electron chi connectivity index (χ4n) is 2.53. The predicted octanol–water partition coefficient (Wildman–Crippen LogP) is 4.02. The van der Waals surface area contributed by atoms with Crippen LogP contribution in [-0.4, -0.2) is 13.2 Å². The van der Waals surface area contributed by atoms with Gasteiger partial charge in [-0.25, -0.2) is 0 Å². The van der Waals surface area contributed by atoms with E-state index >= 15 is 0 Å². The lowest BCUT2D eigenvalue weighted by Gasteiger charge is -2.19. The highest BCUT2D eigenvalue weighted by atomic mass is 16.5. The number of benzene rings is 1. The van der Waals surface area contributed by atoms with Gasteiger partial charge in [0.15, 0.2) is 0 Å². The molecule has 1 aromatic carbocycles. The summed E-state index contributed by atoms with van der Waals surface area (Å²) in [7, 11) is 0. The number of rotatable bonds is 8. The van der Waals surface area contributed by atoms with Gasteiger partial charge in [-0.3, -0.25) is 0 Å². The first-order chi connectivity index (χ1) is 8.72. The Kier molecular flexibility index (Phi) is 6.81. The first-order valence-corrected chi connectivity index (χ1v) is 7.16. The average Bonchev–Trinajstić information content (AvgIpc) is 2.35. The molecule has 0 saturated carbocycles. The molecule has 1 rings (SSSR count). The molecule has 18 heavy (non-hydrogen) atoms. The molecule has 0 bridgehead atoms. The van der Waals surface area contributed by atoms with Crippen molar-refractivity contribution in [1.29, 1.82) is 0 Å². The molecule has 0 amide bonds. The molecular weight excluding hydrogens is 222 g/mol.